The number of fused-ring (bicyclic) bond motifs is 2. The van der Waals surface area contributed by atoms with Gasteiger partial charge in [0.25, 0.3) is 0 Å². The number of benzene rings is 1. The van der Waals surface area contributed by atoms with Crippen LogP contribution in [0.3, 0.4) is 0 Å². The minimum Gasteiger partial charge on any atom is -0.343 e. The maximum Gasteiger partial charge on any atom is 0.246 e. The first-order valence-electron chi connectivity index (χ1n) is 17.3. The van der Waals surface area contributed by atoms with Crippen LogP contribution in [0.25, 0.3) is 10.9 Å². The number of ketones is 1. The van der Waals surface area contributed by atoms with Crippen molar-refractivity contribution in [2.24, 2.45) is 5.92 Å². The number of Topliss-reactive ketones (excluding diaryl/α,β-unsaturated/α-hetero) is 1. The average Bonchev–Trinajstić information content (AvgIpc) is 3.44. The zero-order valence-electron chi connectivity index (χ0n) is 28.9. The molecule has 1 aromatic heterocycles. The van der Waals surface area contributed by atoms with Crippen molar-refractivity contribution in [3.8, 4) is 0 Å². The molecule has 2 unspecified atom stereocenters. The molecule has 2 aromatic rings. The maximum absolute atomic E-state index is 13.8. The van der Waals surface area contributed by atoms with Gasteiger partial charge in [0.05, 0.1) is 5.52 Å². The standard InChI is InChI=1S/C28H37N5O5.C8H16O/c1-5-16(2)24-28(38)32-13-9-8-12-23(32)27(37)29-17(3)25(35)30-21(26(36)31-24)14-19-15-33(18(4)34)22-11-7-6-10-20(19)22;1-3-5-6-7-8(9)4-2/h6-7,10-11,15-17,21,23-24H,5,8-9,12-14H2,1-4H3,(H,29,37)(H,30,35)(H,31,36);3-7H2,1-2H3/t16?,17-,21?,23+,24-;/m0./s1. The van der Waals surface area contributed by atoms with Gasteiger partial charge in [-0.3, -0.25) is 33.3 Å². The predicted octanol–water partition coefficient (Wildman–Crippen LogP) is 4.30. The molecule has 3 heterocycles. The molecule has 3 N–H and O–H groups in total. The lowest BCUT2D eigenvalue weighted by molar-refractivity contribution is -0.147. The van der Waals surface area contributed by atoms with Crippen molar-refractivity contribution >= 4 is 46.2 Å². The zero-order chi connectivity index (χ0) is 34.7. The topological polar surface area (TPSA) is 147 Å². The van der Waals surface area contributed by atoms with Crippen molar-refractivity contribution in [2.75, 3.05) is 6.54 Å². The smallest absolute Gasteiger partial charge is 0.246 e. The van der Waals surface area contributed by atoms with Crippen LogP contribution in [0.1, 0.15) is 110 Å². The van der Waals surface area contributed by atoms with Gasteiger partial charge in [0.2, 0.25) is 29.5 Å². The number of piperidine rings is 1. The highest BCUT2D eigenvalue weighted by molar-refractivity contribution is 5.98. The number of nitrogens with one attached hydrogen (secondary N) is 3. The maximum atomic E-state index is 13.8. The molecule has 0 radical (unpaired) electrons. The number of nitrogens with zero attached hydrogens (tertiary/aromatic N) is 2. The summed E-state index contributed by atoms with van der Waals surface area (Å²) < 4.78 is 1.52. The van der Waals surface area contributed by atoms with Gasteiger partial charge < -0.3 is 20.9 Å². The Morgan fingerprint density at radius 2 is 1.66 bits per heavy atom. The Balaban J connectivity index is 0.000000584. The van der Waals surface area contributed by atoms with Crippen LogP contribution in [0, 0.1) is 5.92 Å². The van der Waals surface area contributed by atoms with E-state index in [2.05, 4.69) is 22.9 Å². The highest BCUT2D eigenvalue weighted by Gasteiger charge is 2.40. The molecule has 258 valence electrons. The summed E-state index contributed by atoms with van der Waals surface area (Å²) in [4.78, 5) is 78.3. The largest absolute Gasteiger partial charge is 0.343 e. The molecule has 2 aliphatic rings. The first kappa shape index (κ1) is 37.4. The van der Waals surface area contributed by atoms with Crippen molar-refractivity contribution in [2.45, 2.75) is 130 Å². The van der Waals surface area contributed by atoms with E-state index in [0.29, 0.717) is 42.7 Å². The fraction of sp³-hybridized carbons (Fsp3) is 0.611. The van der Waals surface area contributed by atoms with Crippen LogP contribution in [-0.2, 0) is 30.4 Å². The SMILES string of the molecule is CCC(C)[C@@H]1NC(=O)C(Cc2cn(C(C)=O)c3ccccc23)NC(=O)[C@H](C)NC(=O)[C@H]2CCCCN2C1=O.CCCCCC(=O)CC. The number of rotatable bonds is 9. The van der Waals surface area contributed by atoms with E-state index in [4.69, 9.17) is 0 Å². The Morgan fingerprint density at radius 3 is 2.32 bits per heavy atom. The second kappa shape index (κ2) is 17.8. The molecule has 0 bridgehead atoms. The summed E-state index contributed by atoms with van der Waals surface area (Å²) in [6.07, 6.45) is 9.52. The monoisotopic (exact) mass is 651 g/mol. The third-order valence-electron chi connectivity index (χ3n) is 9.26. The molecule has 4 rings (SSSR count). The fourth-order valence-electron chi connectivity index (χ4n) is 6.11. The van der Waals surface area contributed by atoms with Crippen LogP contribution in [0.15, 0.2) is 30.5 Å². The molecule has 4 amide bonds. The molecule has 2 fully saturated rings. The Kier molecular flexibility index (Phi) is 14.2. The number of amides is 4. The van der Waals surface area contributed by atoms with Crippen molar-refractivity contribution in [1.29, 1.82) is 0 Å². The summed E-state index contributed by atoms with van der Waals surface area (Å²) in [6, 6.07) is 3.92. The number of hydrogen-bond donors (Lipinski definition) is 3. The van der Waals surface area contributed by atoms with E-state index < -0.39 is 36.0 Å². The number of unbranched alkanes of at least 4 members (excludes halogenated alkanes) is 2. The van der Waals surface area contributed by atoms with Crippen molar-refractivity contribution in [1.82, 2.24) is 25.4 Å². The van der Waals surface area contributed by atoms with E-state index in [9.17, 15) is 28.8 Å². The van der Waals surface area contributed by atoms with Gasteiger partial charge in [-0.2, -0.15) is 0 Å². The summed E-state index contributed by atoms with van der Waals surface area (Å²) in [6.45, 7) is 11.4. The minimum atomic E-state index is -1.02. The number of hydrogen-bond acceptors (Lipinski definition) is 6. The van der Waals surface area contributed by atoms with E-state index in [0.717, 1.165) is 31.1 Å². The molecule has 11 heteroatoms. The summed E-state index contributed by atoms with van der Waals surface area (Å²) >= 11 is 0. The molecule has 0 spiro atoms. The Bertz CT molecular complexity index is 1430. The molecule has 1 aromatic carbocycles. The minimum absolute atomic E-state index is 0.104. The summed E-state index contributed by atoms with van der Waals surface area (Å²) in [5, 5.41) is 9.24. The van der Waals surface area contributed by atoms with E-state index in [1.54, 1.807) is 18.0 Å². The van der Waals surface area contributed by atoms with Crippen molar-refractivity contribution in [3.05, 3.63) is 36.0 Å². The van der Waals surface area contributed by atoms with Crippen LogP contribution in [0.5, 0.6) is 0 Å². The van der Waals surface area contributed by atoms with Gasteiger partial charge >= 0.3 is 0 Å². The molecule has 5 atom stereocenters. The van der Waals surface area contributed by atoms with Crippen molar-refractivity contribution < 1.29 is 28.8 Å². The van der Waals surface area contributed by atoms with E-state index in [1.165, 1.54) is 24.3 Å². The predicted molar refractivity (Wildman–Crippen MR) is 182 cm³/mol. The second-order valence-electron chi connectivity index (χ2n) is 12.8. The Labute approximate surface area is 278 Å². The Morgan fingerprint density at radius 1 is 0.936 bits per heavy atom. The van der Waals surface area contributed by atoms with Gasteiger partial charge in [0, 0.05) is 44.3 Å². The lowest BCUT2D eigenvalue weighted by atomic mass is 9.93. The first-order valence-corrected chi connectivity index (χ1v) is 17.3. The van der Waals surface area contributed by atoms with Crippen LogP contribution in [-0.4, -0.2) is 75.5 Å². The quantitative estimate of drug-likeness (QED) is 0.345. The highest BCUT2D eigenvalue weighted by Crippen LogP contribution is 2.24. The van der Waals surface area contributed by atoms with Gasteiger partial charge in [-0.15, -0.1) is 0 Å². The third-order valence-corrected chi connectivity index (χ3v) is 9.26. The van der Waals surface area contributed by atoms with Gasteiger partial charge in [0.15, 0.2) is 0 Å². The number of aromatic nitrogens is 1. The lowest BCUT2D eigenvalue weighted by Gasteiger charge is -2.39. The summed E-state index contributed by atoms with van der Waals surface area (Å²) in [5.41, 5.74) is 1.42. The van der Waals surface area contributed by atoms with Crippen LogP contribution in [0.2, 0.25) is 0 Å². The molecular weight excluding hydrogens is 598 g/mol. The normalized spacial score (nSPS) is 22.8. The van der Waals surface area contributed by atoms with Crippen LogP contribution < -0.4 is 16.0 Å². The second-order valence-corrected chi connectivity index (χ2v) is 12.8. The molecule has 11 nitrogen and oxygen atoms in total. The summed E-state index contributed by atoms with van der Waals surface area (Å²) in [7, 11) is 0. The molecule has 2 saturated heterocycles. The van der Waals surface area contributed by atoms with Gasteiger partial charge in [-0.25, -0.2) is 0 Å². The van der Waals surface area contributed by atoms with E-state index in [1.807, 2.05) is 45.0 Å². The number of carbonyl (C=O) groups is 6. The average molecular weight is 652 g/mol. The third kappa shape index (κ3) is 9.74. The number of para-hydroxylation sites is 1. The van der Waals surface area contributed by atoms with E-state index in [-0.39, 0.29) is 30.1 Å². The van der Waals surface area contributed by atoms with Crippen LogP contribution >= 0.6 is 0 Å². The molecular formula is C36H53N5O6. The lowest BCUT2D eigenvalue weighted by Crippen LogP contribution is -2.64. The highest BCUT2D eigenvalue weighted by atomic mass is 16.2. The Hall–Kier alpha value is -4.02. The first-order chi connectivity index (χ1) is 22.4. The van der Waals surface area contributed by atoms with Crippen LogP contribution in [0.4, 0.5) is 0 Å². The van der Waals surface area contributed by atoms with E-state index >= 15 is 0 Å². The van der Waals surface area contributed by atoms with Gasteiger partial charge in [-0.1, -0.05) is 65.2 Å². The van der Waals surface area contributed by atoms with Gasteiger partial charge in [-0.05, 0) is 50.2 Å². The fourth-order valence-corrected chi connectivity index (χ4v) is 6.11. The number of carbonyl (C=O) groups excluding carboxylic acids is 6. The molecule has 0 saturated carbocycles. The van der Waals surface area contributed by atoms with Gasteiger partial charge in [0.1, 0.15) is 30.0 Å². The molecule has 0 aliphatic carbocycles. The summed E-state index contributed by atoms with van der Waals surface area (Å²) in [5.74, 6) is -1.57. The molecule has 47 heavy (non-hydrogen) atoms. The van der Waals surface area contributed by atoms with Crippen molar-refractivity contribution in [3.63, 3.8) is 0 Å². The molecule has 2 aliphatic heterocycles. The zero-order valence-corrected chi connectivity index (χ0v) is 28.9.